The predicted molar refractivity (Wildman–Crippen MR) is 93.0 cm³/mol. The van der Waals surface area contributed by atoms with E-state index < -0.39 is 19.8 Å². The van der Waals surface area contributed by atoms with Crippen LogP contribution in [0.15, 0.2) is 36.7 Å². The maximum Gasteiger partial charge on any atom is 0.327 e. The van der Waals surface area contributed by atoms with E-state index in [0.29, 0.717) is 28.3 Å². The molecular formula is C16H21N2O6P. The molecule has 1 atom stereocenters. The predicted octanol–water partition coefficient (Wildman–Crippen LogP) is 1.92. The molecule has 0 saturated carbocycles. The van der Waals surface area contributed by atoms with Crippen LogP contribution in [0.3, 0.4) is 0 Å². The van der Waals surface area contributed by atoms with Crippen LogP contribution in [0.2, 0.25) is 0 Å². The van der Waals surface area contributed by atoms with Crippen molar-refractivity contribution in [3.8, 4) is 11.5 Å². The monoisotopic (exact) mass is 368 g/mol. The van der Waals surface area contributed by atoms with Gasteiger partial charge >= 0.3 is 7.60 Å². The van der Waals surface area contributed by atoms with Gasteiger partial charge < -0.3 is 29.7 Å². The van der Waals surface area contributed by atoms with E-state index in [-0.39, 0.29) is 6.61 Å². The number of aliphatic hydroxyl groups is 1. The number of methoxy groups -OCH3 is 2. The summed E-state index contributed by atoms with van der Waals surface area (Å²) in [5.74, 6) is 0.751. The van der Waals surface area contributed by atoms with Crippen molar-refractivity contribution in [3.63, 3.8) is 0 Å². The Morgan fingerprint density at radius 1 is 1.24 bits per heavy atom. The third-order valence-electron chi connectivity index (χ3n) is 3.61. The van der Waals surface area contributed by atoms with Crippen LogP contribution in [0.1, 0.15) is 17.2 Å². The van der Waals surface area contributed by atoms with Gasteiger partial charge in [-0.05, 0) is 29.8 Å². The number of nitrogens with zero attached hydrogens (tertiary/aromatic N) is 1. The van der Waals surface area contributed by atoms with E-state index in [2.05, 4.69) is 10.3 Å². The van der Waals surface area contributed by atoms with Gasteiger partial charge in [-0.2, -0.15) is 0 Å². The van der Waals surface area contributed by atoms with Crippen molar-refractivity contribution in [2.45, 2.75) is 12.6 Å². The standard InChI is InChI=1S/C16H21N2O6P/c1-23-15-6-11(7-16(24-2)13(15)9-19)14(10-25(20,21)22)18-12-4-3-5-17-8-12/h3-8,14,18-19H,9-10H2,1-2H3,(H2,20,21,22). The molecule has 1 heterocycles. The summed E-state index contributed by atoms with van der Waals surface area (Å²) in [5, 5.41) is 12.6. The summed E-state index contributed by atoms with van der Waals surface area (Å²) in [5.41, 5.74) is 1.63. The average molecular weight is 368 g/mol. The average Bonchev–Trinajstić information content (AvgIpc) is 2.59. The third-order valence-corrected chi connectivity index (χ3v) is 4.45. The normalized spacial score (nSPS) is 12.5. The molecule has 0 aliphatic rings. The molecule has 4 N–H and O–H groups in total. The number of hydrogen-bond acceptors (Lipinski definition) is 6. The second-order valence-electron chi connectivity index (χ2n) is 5.35. The number of pyridine rings is 1. The van der Waals surface area contributed by atoms with E-state index in [9.17, 15) is 19.5 Å². The van der Waals surface area contributed by atoms with Crippen molar-refractivity contribution in [3.05, 3.63) is 47.8 Å². The molecule has 0 aliphatic carbocycles. The Morgan fingerprint density at radius 2 is 1.88 bits per heavy atom. The second kappa shape index (κ2) is 8.31. The number of anilines is 1. The lowest BCUT2D eigenvalue weighted by Gasteiger charge is -2.23. The van der Waals surface area contributed by atoms with E-state index in [1.165, 1.54) is 14.2 Å². The number of rotatable bonds is 8. The quantitative estimate of drug-likeness (QED) is 0.522. The molecule has 1 aromatic carbocycles. The lowest BCUT2D eigenvalue weighted by atomic mass is 10.0. The highest BCUT2D eigenvalue weighted by molar-refractivity contribution is 7.51. The Hall–Kier alpha value is -2.12. The number of aliphatic hydroxyl groups excluding tert-OH is 1. The van der Waals surface area contributed by atoms with Crippen LogP contribution in [0.25, 0.3) is 0 Å². The lowest BCUT2D eigenvalue weighted by Crippen LogP contribution is -2.16. The van der Waals surface area contributed by atoms with Crippen molar-refractivity contribution < 1.29 is 28.9 Å². The molecule has 0 saturated heterocycles. The van der Waals surface area contributed by atoms with Gasteiger partial charge in [0.05, 0.1) is 44.3 Å². The zero-order chi connectivity index (χ0) is 18.4. The molecule has 8 nitrogen and oxygen atoms in total. The van der Waals surface area contributed by atoms with Crippen LogP contribution < -0.4 is 14.8 Å². The molecule has 136 valence electrons. The molecule has 0 fully saturated rings. The van der Waals surface area contributed by atoms with Crippen LogP contribution in [0, 0.1) is 0 Å². The zero-order valence-corrected chi connectivity index (χ0v) is 14.8. The van der Waals surface area contributed by atoms with E-state index in [0.717, 1.165) is 0 Å². The lowest BCUT2D eigenvalue weighted by molar-refractivity contribution is 0.265. The Labute approximate surface area is 145 Å². The Balaban J connectivity index is 2.47. The molecule has 9 heteroatoms. The van der Waals surface area contributed by atoms with Gasteiger partial charge in [-0.3, -0.25) is 9.55 Å². The number of ether oxygens (including phenoxy) is 2. The Kier molecular flexibility index (Phi) is 6.39. The third kappa shape index (κ3) is 5.17. The highest BCUT2D eigenvalue weighted by Gasteiger charge is 2.25. The summed E-state index contributed by atoms with van der Waals surface area (Å²) in [6.07, 6.45) is 2.74. The fraction of sp³-hybridized carbons (Fsp3) is 0.312. The largest absolute Gasteiger partial charge is 0.496 e. The maximum atomic E-state index is 11.6. The van der Waals surface area contributed by atoms with Gasteiger partial charge in [0.1, 0.15) is 11.5 Å². The Morgan fingerprint density at radius 3 is 2.32 bits per heavy atom. The molecule has 0 amide bonds. The van der Waals surface area contributed by atoms with Gasteiger partial charge in [-0.15, -0.1) is 0 Å². The fourth-order valence-corrected chi connectivity index (χ4v) is 3.26. The van der Waals surface area contributed by atoms with Crippen LogP contribution in [0.4, 0.5) is 5.69 Å². The van der Waals surface area contributed by atoms with E-state index in [1.807, 2.05) is 0 Å². The molecule has 0 radical (unpaired) electrons. The van der Waals surface area contributed by atoms with Crippen molar-refractivity contribution in [2.24, 2.45) is 0 Å². The minimum atomic E-state index is -4.30. The highest BCUT2D eigenvalue weighted by Crippen LogP contribution is 2.42. The smallest absolute Gasteiger partial charge is 0.327 e. The van der Waals surface area contributed by atoms with Crippen molar-refractivity contribution in [1.29, 1.82) is 0 Å². The maximum absolute atomic E-state index is 11.6. The van der Waals surface area contributed by atoms with E-state index in [1.54, 1.807) is 36.7 Å². The topological polar surface area (TPSA) is 121 Å². The summed E-state index contributed by atoms with van der Waals surface area (Å²) in [6.45, 7) is -0.286. The van der Waals surface area contributed by atoms with Crippen LogP contribution in [-0.2, 0) is 11.2 Å². The van der Waals surface area contributed by atoms with Gasteiger partial charge in [-0.25, -0.2) is 0 Å². The highest BCUT2D eigenvalue weighted by atomic mass is 31.2. The number of aromatic nitrogens is 1. The molecular weight excluding hydrogens is 347 g/mol. The first-order valence-electron chi connectivity index (χ1n) is 7.44. The van der Waals surface area contributed by atoms with E-state index in [4.69, 9.17) is 9.47 Å². The van der Waals surface area contributed by atoms with E-state index >= 15 is 0 Å². The minimum Gasteiger partial charge on any atom is -0.496 e. The number of nitrogens with one attached hydrogen (secondary N) is 1. The van der Waals surface area contributed by atoms with Gasteiger partial charge in [0.15, 0.2) is 0 Å². The molecule has 1 aromatic heterocycles. The van der Waals surface area contributed by atoms with Crippen molar-refractivity contribution in [2.75, 3.05) is 25.7 Å². The van der Waals surface area contributed by atoms with Crippen molar-refractivity contribution in [1.82, 2.24) is 4.98 Å². The fourth-order valence-electron chi connectivity index (χ4n) is 2.48. The summed E-state index contributed by atoms with van der Waals surface area (Å²) in [7, 11) is -1.41. The molecule has 0 bridgehead atoms. The minimum absolute atomic E-state index is 0.286. The van der Waals surface area contributed by atoms with Crippen LogP contribution in [0.5, 0.6) is 11.5 Å². The summed E-state index contributed by atoms with van der Waals surface area (Å²) in [6, 6.07) is 6.00. The number of benzene rings is 1. The molecule has 1 unspecified atom stereocenters. The van der Waals surface area contributed by atoms with Gasteiger partial charge in [0.25, 0.3) is 0 Å². The second-order valence-corrected chi connectivity index (χ2v) is 7.04. The van der Waals surface area contributed by atoms with Gasteiger partial charge in [0, 0.05) is 12.4 Å². The molecule has 0 spiro atoms. The summed E-state index contributed by atoms with van der Waals surface area (Å²) < 4.78 is 22.1. The first kappa shape index (κ1) is 19.2. The van der Waals surface area contributed by atoms with Crippen LogP contribution in [-0.4, -0.2) is 40.3 Å². The molecule has 0 aliphatic heterocycles. The summed E-state index contributed by atoms with van der Waals surface area (Å²) >= 11 is 0. The SMILES string of the molecule is COc1cc(C(CP(=O)(O)O)Nc2cccnc2)cc(OC)c1CO. The number of hydrogen-bond donors (Lipinski definition) is 4. The Bertz CT molecular complexity index is 725. The van der Waals surface area contributed by atoms with Gasteiger partial charge in [0.2, 0.25) is 0 Å². The summed E-state index contributed by atoms with van der Waals surface area (Å²) in [4.78, 5) is 22.9. The molecule has 2 aromatic rings. The molecule has 2 rings (SSSR count). The van der Waals surface area contributed by atoms with Gasteiger partial charge in [-0.1, -0.05) is 0 Å². The first-order chi connectivity index (χ1) is 11.9. The van der Waals surface area contributed by atoms with Crippen LogP contribution >= 0.6 is 7.60 Å². The zero-order valence-electron chi connectivity index (χ0n) is 13.9. The first-order valence-corrected chi connectivity index (χ1v) is 9.24. The van der Waals surface area contributed by atoms with Crippen molar-refractivity contribution >= 4 is 13.3 Å². The molecule has 25 heavy (non-hydrogen) atoms.